The SMILES string of the molecule is CC(=O)N1CCC(C(=O)NC(CN2CCOCC2)c2ccccc2)CC1. The monoisotopic (exact) mass is 359 g/mol. The molecule has 2 aliphatic rings. The molecule has 0 bridgehead atoms. The fraction of sp³-hybridized carbons (Fsp3) is 0.600. The molecule has 2 heterocycles. The average Bonchev–Trinajstić information content (AvgIpc) is 2.69. The Morgan fingerprint density at radius 3 is 2.38 bits per heavy atom. The van der Waals surface area contributed by atoms with Gasteiger partial charge in [0, 0.05) is 45.6 Å². The lowest BCUT2D eigenvalue weighted by Gasteiger charge is -2.34. The minimum Gasteiger partial charge on any atom is -0.379 e. The Morgan fingerprint density at radius 1 is 1.12 bits per heavy atom. The molecule has 3 rings (SSSR count). The smallest absolute Gasteiger partial charge is 0.223 e. The van der Waals surface area contributed by atoms with E-state index < -0.39 is 0 Å². The predicted molar refractivity (Wildman–Crippen MR) is 99.6 cm³/mol. The molecule has 0 spiro atoms. The molecule has 0 radical (unpaired) electrons. The lowest BCUT2D eigenvalue weighted by molar-refractivity contribution is -0.134. The average molecular weight is 359 g/mol. The highest BCUT2D eigenvalue weighted by Crippen LogP contribution is 2.21. The third kappa shape index (κ3) is 5.05. The Balaban J connectivity index is 1.61. The number of carbonyl (C=O) groups excluding carboxylic acids is 2. The Hall–Kier alpha value is -1.92. The van der Waals surface area contributed by atoms with Crippen molar-refractivity contribution in [3.05, 3.63) is 35.9 Å². The molecule has 6 nitrogen and oxygen atoms in total. The van der Waals surface area contributed by atoms with Crippen molar-refractivity contribution in [3.63, 3.8) is 0 Å². The highest BCUT2D eigenvalue weighted by Gasteiger charge is 2.28. The van der Waals surface area contributed by atoms with E-state index >= 15 is 0 Å². The van der Waals surface area contributed by atoms with Crippen LogP contribution in [0.25, 0.3) is 0 Å². The van der Waals surface area contributed by atoms with Crippen LogP contribution < -0.4 is 5.32 Å². The van der Waals surface area contributed by atoms with Crippen molar-refractivity contribution in [1.29, 1.82) is 0 Å². The van der Waals surface area contributed by atoms with Crippen LogP contribution in [-0.2, 0) is 14.3 Å². The molecule has 2 fully saturated rings. The second-order valence-electron chi connectivity index (χ2n) is 7.17. The van der Waals surface area contributed by atoms with Crippen LogP contribution in [0.15, 0.2) is 30.3 Å². The van der Waals surface area contributed by atoms with Crippen LogP contribution in [0.5, 0.6) is 0 Å². The van der Waals surface area contributed by atoms with Crippen molar-refractivity contribution in [1.82, 2.24) is 15.1 Å². The molecular weight excluding hydrogens is 330 g/mol. The molecular formula is C20H29N3O3. The Kier molecular flexibility index (Phi) is 6.63. The van der Waals surface area contributed by atoms with E-state index in [9.17, 15) is 9.59 Å². The van der Waals surface area contributed by atoms with Gasteiger partial charge in [0.1, 0.15) is 0 Å². The van der Waals surface area contributed by atoms with E-state index in [-0.39, 0.29) is 23.8 Å². The number of nitrogens with one attached hydrogen (secondary N) is 1. The number of hydrogen-bond acceptors (Lipinski definition) is 4. The summed E-state index contributed by atoms with van der Waals surface area (Å²) in [5, 5.41) is 3.27. The highest BCUT2D eigenvalue weighted by molar-refractivity contribution is 5.80. The summed E-state index contributed by atoms with van der Waals surface area (Å²) in [7, 11) is 0. The Morgan fingerprint density at radius 2 is 1.77 bits per heavy atom. The van der Waals surface area contributed by atoms with Crippen molar-refractivity contribution >= 4 is 11.8 Å². The number of likely N-dealkylation sites (tertiary alicyclic amines) is 1. The molecule has 1 unspecified atom stereocenters. The lowest BCUT2D eigenvalue weighted by atomic mass is 9.95. The first kappa shape index (κ1) is 18.9. The Labute approximate surface area is 155 Å². The normalized spacial score (nSPS) is 20.6. The number of benzene rings is 1. The number of nitrogens with zero attached hydrogens (tertiary/aromatic N) is 2. The molecule has 0 aliphatic carbocycles. The van der Waals surface area contributed by atoms with Gasteiger partial charge in [0.25, 0.3) is 0 Å². The van der Waals surface area contributed by atoms with Gasteiger partial charge in [-0.25, -0.2) is 0 Å². The van der Waals surface area contributed by atoms with E-state index in [0.717, 1.165) is 51.3 Å². The third-order valence-electron chi connectivity index (χ3n) is 5.37. The number of morpholine rings is 1. The zero-order valence-corrected chi connectivity index (χ0v) is 15.5. The van der Waals surface area contributed by atoms with Crippen molar-refractivity contribution in [2.45, 2.75) is 25.8 Å². The summed E-state index contributed by atoms with van der Waals surface area (Å²) in [5.41, 5.74) is 1.13. The zero-order chi connectivity index (χ0) is 18.4. The topological polar surface area (TPSA) is 61.9 Å². The molecule has 1 aromatic rings. The maximum absolute atomic E-state index is 12.8. The summed E-state index contributed by atoms with van der Waals surface area (Å²) in [6.45, 7) is 7.03. The van der Waals surface area contributed by atoms with Gasteiger partial charge >= 0.3 is 0 Å². The number of hydrogen-bond donors (Lipinski definition) is 1. The van der Waals surface area contributed by atoms with Gasteiger partial charge in [0.2, 0.25) is 11.8 Å². The molecule has 26 heavy (non-hydrogen) atoms. The summed E-state index contributed by atoms with van der Waals surface area (Å²) < 4.78 is 5.43. The highest BCUT2D eigenvalue weighted by atomic mass is 16.5. The summed E-state index contributed by atoms with van der Waals surface area (Å²) in [4.78, 5) is 28.5. The predicted octanol–water partition coefficient (Wildman–Crippen LogP) is 1.43. The van der Waals surface area contributed by atoms with Gasteiger partial charge in [-0.15, -0.1) is 0 Å². The summed E-state index contributed by atoms with van der Waals surface area (Å²) in [5.74, 6) is 0.190. The van der Waals surface area contributed by atoms with Crippen LogP contribution in [0.2, 0.25) is 0 Å². The molecule has 0 aromatic heterocycles. The van der Waals surface area contributed by atoms with Gasteiger partial charge in [-0.1, -0.05) is 30.3 Å². The maximum Gasteiger partial charge on any atom is 0.223 e. The van der Waals surface area contributed by atoms with Gasteiger partial charge in [0.05, 0.1) is 19.3 Å². The zero-order valence-electron chi connectivity index (χ0n) is 15.5. The maximum atomic E-state index is 12.8. The van der Waals surface area contributed by atoms with Crippen LogP contribution >= 0.6 is 0 Å². The van der Waals surface area contributed by atoms with Gasteiger partial charge in [-0.05, 0) is 18.4 Å². The first-order valence-corrected chi connectivity index (χ1v) is 9.54. The number of rotatable bonds is 5. The first-order valence-electron chi connectivity index (χ1n) is 9.54. The number of amides is 2. The summed E-state index contributed by atoms with van der Waals surface area (Å²) >= 11 is 0. The molecule has 6 heteroatoms. The number of carbonyl (C=O) groups is 2. The van der Waals surface area contributed by atoms with E-state index in [1.165, 1.54) is 0 Å². The first-order chi connectivity index (χ1) is 12.6. The van der Waals surface area contributed by atoms with Crippen LogP contribution in [0.4, 0.5) is 0 Å². The summed E-state index contributed by atoms with van der Waals surface area (Å²) in [6, 6.07) is 10.1. The van der Waals surface area contributed by atoms with Crippen molar-refractivity contribution in [2.24, 2.45) is 5.92 Å². The minimum absolute atomic E-state index is 0.0125. The largest absolute Gasteiger partial charge is 0.379 e. The second-order valence-corrected chi connectivity index (χ2v) is 7.17. The van der Waals surface area contributed by atoms with Crippen molar-refractivity contribution in [2.75, 3.05) is 45.9 Å². The molecule has 2 amide bonds. The van der Waals surface area contributed by atoms with Crippen molar-refractivity contribution in [3.8, 4) is 0 Å². The van der Waals surface area contributed by atoms with Gasteiger partial charge in [-0.3, -0.25) is 14.5 Å². The van der Waals surface area contributed by atoms with Crippen molar-refractivity contribution < 1.29 is 14.3 Å². The molecule has 1 aromatic carbocycles. The van der Waals surface area contributed by atoms with Gasteiger partial charge in [-0.2, -0.15) is 0 Å². The lowest BCUT2D eigenvalue weighted by Crippen LogP contribution is -2.46. The number of ether oxygens (including phenoxy) is 1. The molecule has 2 saturated heterocycles. The quantitative estimate of drug-likeness (QED) is 0.864. The fourth-order valence-electron chi connectivity index (χ4n) is 3.71. The Bertz CT molecular complexity index is 594. The van der Waals surface area contributed by atoms with Crippen LogP contribution in [0, 0.1) is 5.92 Å². The van der Waals surface area contributed by atoms with Crippen LogP contribution in [-0.4, -0.2) is 67.6 Å². The van der Waals surface area contributed by atoms with Gasteiger partial charge < -0.3 is 15.0 Å². The van der Waals surface area contributed by atoms with E-state index in [4.69, 9.17) is 4.74 Å². The molecule has 142 valence electrons. The standard InChI is InChI=1S/C20H29N3O3/c1-16(24)23-9-7-18(8-10-23)20(25)21-19(17-5-3-2-4-6-17)15-22-11-13-26-14-12-22/h2-6,18-19H,7-15H2,1H3,(H,21,25). The van der Waals surface area contributed by atoms with Crippen LogP contribution in [0.3, 0.4) is 0 Å². The molecule has 1 atom stereocenters. The van der Waals surface area contributed by atoms with E-state index in [2.05, 4.69) is 22.3 Å². The van der Waals surface area contributed by atoms with E-state index in [1.807, 2.05) is 23.1 Å². The summed E-state index contributed by atoms with van der Waals surface area (Å²) in [6.07, 6.45) is 1.48. The fourth-order valence-corrected chi connectivity index (χ4v) is 3.71. The van der Waals surface area contributed by atoms with Gasteiger partial charge in [0.15, 0.2) is 0 Å². The second kappa shape index (κ2) is 9.14. The van der Waals surface area contributed by atoms with Crippen LogP contribution in [0.1, 0.15) is 31.4 Å². The minimum atomic E-state index is -0.0207. The third-order valence-corrected chi connectivity index (χ3v) is 5.37. The number of piperidine rings is 1. The van der Waals surface area contributed by atoms with E-state index in [0.29, 0.717) is 13.1 Å². The molecule has 1 N–H and O–H groups in total. The molecule has 0 saturated carbocycles. The molecule has 2 aliphatic heterocycles. The van der Waals surface area contributed by atoms with E-state index in [1.54, 1.807) is 6.92 Å².